The average Bonchev–Trinajstić information content (AvgIpc) is 3.09. The number of hydrogen-bond donors (Lipinski definition) is 0. The molecule has 0 saturated carbocycles. The third-order valence-electron chi connectivity index (χ3n) is 4.89. The second-order valence-corrected chi connectivity index (χ2v) is 8.39. The van der Waals surface area contributed by atoms with Gasteiger partial charge in [0, 0.05) is 10.9 Å². The maximum Gasteiger partial charge on any atom is 0.329 e. The first-order valence-corrected chi connectivity index (χ1v) is 10.4. The smallest absolute Gasteiger partial charge is 0.329 e. The summed E-state index contributed by atoms with van der Waals surface area (Å²) in [6, 6.07) is 5.49. The minimum absolute atomic E-state index is 0.201. The summed E-state index contributed by atoms with van der Waals surface area (Å²) in [7, 11) is 0. The summed E-state index contributed by atoms with van der Waals surface area (Å²) in [5.41, 5.74) is 4.03. The lowest BCUT2D eigenvalue weighted by Crippen LogP contribution is -2.31. The van der Waals surface area contributed by atoms with Gasteiger partial charge in [0.15, 0.2) is 0 Å². The molecule has 0 saturated heterocycles. The van der Waals surface area contributed by atoms with Gasteiger partial charge in [-0.15, -0.1) is 11.3 Å². The summed E-state index contributed by atoms with van der Waals surface area (Å²) < 4.78 is 6.80. The van der Waals surface area contributed by atoms with Gasteiger partial charge >= 0.3 is 5.97 Å². The Hall–Kier alpha value is -2.47. The van der Waals surface area contributed by atoms with Crippen molar-refractivity contribution < 1.29 is 9.53 Å². The number of aryl methyl sites for hydroxylation is 2. The molecule has 0 fully saturated rings. The monoisotopic (exact) mass is 398 g/mol. The molecule has 0 aliphatic heterocycles. The molecule has 2 heterocycles. The van der Waals surface area contributed by atoms with Gasteiger partial charge in [-0.05, 0) is 42.9 Å². The van der Waals surface area contributed by atoms with Crippen LogP contribution < -0.4 is 5.56 Å². The zero-order valence-electron chi connectivity index (χ0n) is 17.0. The lowest BCUT2D eigenvalue weighted by Gasteiger charge is -2.17. The van der Waals surface area contributed by atoms with Gasteiger partial charge < -0.3 is 4.74 Å². The van der Waals surface area contributed by atoms with Crippen LogP contribution in [-0.2, 0) is 9.53 Å². The first-order valence-electron chi connectivity index (χ1n) is 9.56. The Kier molecular flexibility index (Phi) is 5.98. The van der Waals surface area contributed by atoms with Crippen molar-refractivity contribution in [2.24, 2.45) is 5.92 Å². The summed E-state index contributed by atoms with van der Waals surface area (Å²) in [6.07, 6.45) is 1.93. The lowest BCUT2D eigenvalue weighted by molar-refractivity contribution is -0.149. The summed E-state index contributed by atoms with van der Waals surface area (Å²) in [5.74, 6) is -0.144. The number of carbonyl (C=O) groups excluding carboxylic acids is 1. The third-order valence-corrected chi connectivity index (χ3v) is 5.78. The van der Waals surface area contributed by atoms with E-state index in [1.165, 1.54) is 33.4 Å². The highest BCUT2D eigenvalue weighted by Crippen LogP contribution is 2.32. The maximum absolute atomic E-state index is 13.3. The van der Waals surface area contributed by atoms with Crippen LogP contribution in [0.3, 0.4) is 0 Å². The van der Waals surface area contributed by atoms with Crippen LogP contribution in [0.4, 0.5) is 0 Å². The lowest BCUT2D eigenvalue weighted by atomic mass is 10.0. The van der Waals surface area contributed by atoms with Crippen molar-refractivity contribution in [3.8, 4) is 11.1 Å². The predicted octanol–water partition coefficient (Wildman–Crippen LogP) is 4.89. The molecule has 28 heavy (non-hydrogen) atoms. The number of carbonyl (C=O) groups is 1. The molecule has 148 valence electrons. The summed E-state index contributed by atoms with van der Waals surface area (Å²) >= 11 is 1.44. The van der Waals surface area contributed by atoms with E-state index in [0.29, 0.717) is 23.2 Å². The van der Waals surface area contributed by atoms with Crippen LogP contribution in [0, 0.1) is 19.8 Å². The minimum atomic E-state index is -0.671. The fourth-order valence-electron chi connectivity index (χ4n) is 3.11. The molecule has 5 nitrogen and oxygen atoms in total. The molecule has 0 aliphatic rings. The highest BCUT2D eigenvalue weighted by atomic mass is 32.1. The van der Waals surface area contributed by atoms with Crippen molar-refractivity contribution in [3.63, 3.8) is 0 Å². The van der Waals surface area contributed by atoms with Gasteiger partial charge in [-0.3, -0.25) is 9.36 Å². The van der Waals surface area contributed by atoms with E-state index in [2.05, 4.69) is 31.0 Å². The molecule has 0 aliphatic carbocycles. The Morgan fingerprint density at radius 1 is 1.25 bits per heavy atom. The zero-order chi connectivity index (χ0) is 20.4. The minimum Gasteiger partial charge on any atom is -0.464 e. The molecular formula is C22H26N2O3S. The molecule has 0 bridgehead atoms. The van der Waals surface area contributed by atoms with Gasteiger partial charge in [0.1, 0.15) is 10.9 Å². The molecule has 6 heteroatoms. The Balaban J connectivity index is 2.08. The maximum atomic E-state index is 13.3. The SMILES string of the molecule is CCC(C(=O)OCC(C)C)n1cnc2scc(-c3ccc(C)c(C)c3)c2c1=O. The van der Waals surface area contributed by atoms with E-state index < -0.39 is 6.04 Å². The standard InChI is InChI=1S/C22H26N2O3S/c1-6-18(22(26)27-10-13(2)3)24-12-23-20-19(21(24)25)17(11-28-20)16-8-7-14(4)15(5)9-16/h7-9,11-13,18H,6,10H2,1-5H3. The van der Waals surface area contributed by atoms with Crippen molar-refractivity contribution in [2.75, 3.05) is 6.61 Å². The van der Waals surface area contributed by atoms with Gasteiger partial charge in [0.2, 0.25) is 0 Å². The molecule has 1 unspecified atom stereocenters. The first kappa shape index (κ1) is 20.3. The third kappa shape index (κ3) is 3.87. The normalized spacial score (nSPS) is 12.5. The van der Waals surface area contributed by atoms with E-state index in [0.717, 1.165) is 11.1 Å². The van der Waals surface area contributed by atoms with Crippen molar-refractivity contribution in [2.45, 2.75) is 47.1 Å². The van der Waals surface area contributed by atoms with Crippen LogP contribution >= 0.6 is 11.3 Å². The van der Waals surface area contributed by atoms with Crippen LogP contribution in [0.1, 0.15) is 44.4 Å². The van der Waals surface area contributed by atoms with Crippen LogP contribution in [0.25, 0.3) is 21.3 Å². The number of hydrogen-bond acceptors (Lipinski definition) is 5. The second-order valence-electron chi connectivity index (χ2n) is 7.53. The van der Waals surface area contributed by atoms with Crippen LogP contribution in [0.15, 0.2) is 34.7 Å². The predicted molar refractivity (Wildman–Crippen MR) is 114 cm³/mol. The molecule has 0 radical (unpaired) electrons. The number of fused-ring (bicyclic) bond motifs is 1. The molecule has 0 spiro atoms. The highest BCUT2D eigenvalue weighted by molar-refractivity contribution is 7.17. The van der Waals surface area contributed by atoms with Gasteiger partial charge in [-0.2, -0.15) is 0 Å². The zero-order valence-corrected chi connectivity index (χ0v) is 17.8. The number of benzene rings is 1. The number of rotatable bonds is 6. The van der Waals surface area contributed by atoms with E-state index in [4.69, 9.17) is 4.74 Å². The van der Waals surface area contributed by atoms with E-state index in [-0.39, 0.29) is 17.4 Å². The quantitative estimate of drug-likeness (QED) is 0.555. The number of ether oxygens (including phenoxy) is 1. The van der Waals surface area contributed by atoms with E-state index in [9.17, 15) is 9.59 Å². The molecule has 0 amide bonds. The molecule has 2 aromatic heterocycles. The van der Waals surface area contributed by atoms with Crippen LogP contribution in [-0.4, -0.2) is 22.1 Å². The number of aromatic nitrogens is 2. The van der Waals surface area contributed by atoms with Gasteiger partial charge in [-0.25, -0.2) is 9.78 Å². The second kappa shape index (κ2) is 8.27. The number of nitrogens with zero attached hydrogens (tertiary/aromatic N) is 2. The Morgan fingerprint density at radius 3 is 2.64 bits per heavy atom. The highest BCUT2D eigenvalue weighted by Gasteiger charge is 2.24. The van der Waals surface area contributed by atoms with Gasteiger partial charge in [0.05, 0.1) is 18.3 Å². The topological polar surface area (TPSA) is 61.2 Å². The summed E-state index contributed by atoms with van der Waals surface area (Å²) in [6.45, 7) is 10.3. The van der Waals surface area contributed by atoms with Crippen LogP contribution in [0.5, 0.6) is 0 Å². The van der Waals surface area contributed by atoms with Gasteiger partial charge in [0.25, 0.3) is 5.56 Å². The van der Waals surface area contributed by atoms with E-state index in [1.54, 1.807) is 0 Å². The summed E-state index contributed by atoms with van der Waals surface area (Å²) in [4.78, 5) is 31.0. The molecular weight excluding hydrogens is 372 g/mol. The van der Waals surface area contributed by atoms with Gasteiger partial charge in [-0.1, -0.05) is 39.0 Å². The van der Waals surface area contributed by atoms with Crippen molar-refractivity contribution in [1.29, 1.82) is 0 Å². The largest absolute Gasteiger partial charge is 0.464 e. The number of thiophene rings is 1. The molecule has 3 rings (SSSR count). The van der Waals surface area contributed by atoms with Crippen LogP contribution in [0.2, 0.25) is 0 Å². The van der Waals surface area contributed by atoms with Crippen molar-refractivity contribution in [1.82, 2.24) is 9.55 Å². The fraction of sp³-hybridized carbons (Fsp3) is 0.409. The molecule has 1 atom stereocenters. The first-order chi connectivity index (χ1) is 13.3. The fourth-order valence-corrected chi connectivity index (χ4v) is 4.02. The Labute approximate surface area is 169 Å². The van der Waals surface area contributed by atoms with Crippen molar-refractivity contribution >= 4 is 27.5 Å². The Morgan fingerprint density at radius 2 is 2.00 bits per heavy atom. The Bertz CT molecular complexity index is 1070. The molecule has 3 aromatic rings. The number of esters is 1. The average molecular weight is 399 g/mol. The van der Waals surface area contributed by atoms with E-state index in [1.807, 2.05) is 32.2 Å². The summed E-state index contributed by atoms with van der Waals surface area (Å²) in [5, 5.41) is 2.52. The van der Waals surface area contributed by atoms with Crippen molar-refractivity contribution in [3.05, 3.63) is 51.4 Å². The molecule has 1 aromatic carbocycles. The van der Waals surface area contributed by atoms with E-state index >= 15 is 0 Å². The molecule has 0 N–H and O–H groups in total.